The molecule has 8 nitrogen and oxygen atoms in total. The summed E-state index contributed by atoms with van der Waals surface area (Å²) < 4.78 is 15.4. The van der Waals surface area contributed by atoms with Crippen molar-refractivity contribution in [3.05, 3.63) is 23.8 Å². The van der Waals surface area contributed by atoms with E-state index in [0.717, 1.165) is 18.4 Å². The van der Waals surface area contributed by atoms with E-state index in [4.69, 9.17) is 9.79 Å². The number of fused-ring (bicyclic) bond motifs is 5. The summed E-state index contributed by atoms with van der Waals surface area (Å²) >= 11 is 0. The quantitative estimate of drug-likeness (QED) is 0.484. The normalized spacial score (nSPS) is 45.4. The minimum Gasteiger partial charge on any atom is -0.393 e. The van der Waals surface area contributed by atoms with Gasteiger partial charge in [-0.15, -0.1) is 0 Å². The molecule has 1 unspecified atom stereocenters. The van der Waals surface area contributed by atoms with E-state index in [2.05, 4.69) is 4.52 Å². The predicted octanol–water partition coefficient (Wildman–Crippen LogP) is 1.67. The van der Waals surface area contributed by atoms with Gasteiger partial charge in [0.25, 0.3) is 0 Å². The van der Waals surface area contributed by atoms with E-state index in [1.54, 1.807) is 19.1 Å². The first-order valence-electron chi connectivity index (χ1n) is 10.4. The van der Waals surface area contributed by atoms with Gasteiger partial charge in [-0.25, -0.2) is 4.57 Å². The highest BCUT2D eigenvalue weighted by molar-refractivity contribution is 7.46. The second-order valence-corrected chi connectivity index (χ2v) is 11.0. The third-order valence-corrected chi connectivity index (χ3v) is 8.94. The molecule has 0 amide bonds. The highest BCUT2D eigenvalue weighted by Gasteiger charge is 2.68. The molecule has 30 heavy (non-hydrogen) atoms. The monoisotopic (exact) mass is 440 g/mol. The molecule has 4 aliphatic rings. The summed E-state index contributed by atoms with van der Waals surface area (Å²) in [6.07, 6.45) is 6.76. The number of Topliss-reactive ketones (excluding diaryl/α,β-unsaturated/α-hetero) is 1. The molecule has 3 saturated carbocycles. The minimum absolute atomic E-state index is 0.0284. The zero-order chi connectivity index (χ0) is 22.1. The fraction of sp³-hybridized carbons (Fsp3) is 0.714. The van der Waals surface area contributed by atoms with Gasteiger partial charge in [-0.05, 0) is 56.1 Å². The minimum atomic E-state index is -4.84. The average Bonchev–Trinajstić information content (AvgIpc) is 2.91. The molecule has 3 fully saturated rings. The fourth-order valence-corrected chi connectivity index (χ4v) is 7.34. The zero-order valence-electron chi connectivity index (χ0n) is 17.2. The van der Waals surface area contributed by atoms with E-state index in [9.17, 15) is 24.4 Å². The first kappa shape index (κ1) is 22.1. The van der Waals surface area contributed by atoms with Crippen molar-refractivity contribution in [2.24, 2.45) is 28.6 Å². The summed E-state index contributed by atoms with van der Waals surface area (Å²) in [4.78, 5) is 42.5. The summed E-state index contributed by atoms with van der Waals surface area (Å²) in [5.74, 6) is -0.888. The van der Waals surface area contributed by atoms with Gasteiger partial charge in [-0.2, -0.15) is 0 Å². The van der Waals surface area contributed by atoms with Crippen LogP contribution >= 0.6 is 7.82 Å². The van der Waals surface area contributed by atoms with Crippen molar-refractivity contribution < 1.29 is 38.7 Å². The first-order valence-corrected chi connectivity index (χ1v) is 11.9. The van der Waals surface area contributed by atoms with Crippen molar-refractivity contribution in [3.8, 4) is 0 Å². The molecule has 0 aromatic heterocycles. The Balaban J connectivity index is 1.65. The maximum atomic E-state index is 12.8. The van der Waals surface area contributed by atoms with Crippen molar-refractivity contribution >= 4 is 19.4 Å². The average molecular weight is 440 g/mol. The Morgan fingerprint density at radius 1 is 1.30 bits per heavy atom. The number of hydrogen-bond donors (Lipinski definition) is 4. The van der Waals surface area contributed by atoms with Crippen LogP contribution in [0.1, 0.15) is 46.0 Å². The summed E-state index contributed by atoms with van der Waals surface area (Å²) in [6.45, 7) is 2.97. The van der Waals surface area contributed by atoms with Crippen molar-refractivity contribution in [1.82, 2.24) is 0 Å². The van der Waals surface area contributed by atoms with Crippen LogP contribution in [0.4, 0.5) is 0 Å². The van der Waals surface area contributed by atoms with Gasteiger partial charge in [0.05, 0.1) is 6.10 Å². The van der Waals surface area contributed by atoms with E-state index in [-0.39, 0.29) is 36.4 Å². The summed E-state index contributed by atoms with van der Waals surface area (Å²) in [5, 5.41) is 22.6. The predicted molar refractivity (Wildman–Crippen MR) is 106 cm³/mol. The zero-order valence-corrected chi connectivity index (χ0v) is 18.0. The van der Waals surface area contributed by atoms with E-state index in [0.29, 0.717) is 6.42 Å². The Morgan fingerprint density at radius 3 is 2.67 bits per heavy atom. The van der Waals surface area contributed by atoms with Crippen LogP contribution in [0.3, 0.4) is 0 Å². The van der Waals surface area contributed by atoms with E-state index < -0.39 is 42.7 Å². The smallest absolute Gasteiger partial charge is 0.393 e. The second kappa shape index (κ2) is 6.92. The lowest BCUT2D eigenvalue weighted by Crippen LogP contribution is -2.61. The lowest BCUT2D eigenvalue weighted by atomic mass is 9.46. The number of hydrogen-bond acceptors (Lipinski definition) is 6. The Hall–Kier alpha value is -1.15. The van der Waals surface area contributed by atoms with Crippen molar-refractivity contribution in [2.45, 2.75) is 57.7 Å². The van der Waals surface area contributed by atoms with Crippen molar-refractivity contribution in [2.75, 3.05) is 6.61 Å². The SMILES string of the molecule is C[C@]12C=CC(=O)C=C1CC[C@@H]1[C@@H]2C(O)C[C@@]2(C)[C@H]1CC[C@]2(O)C(=O)COP(=O)(O)O. The molecule has 0 spiro atoms. The highest BCUT2D eigenvalue weighted by Crippen LogP contribution is 2.67. The van der Waals surface area contributed by atoms with Gasteiger partial charge in [0, 0.05) is 16.7 Å². The molecule has 7 atom stereocenters. The van der Waals surface area contributed by atoms with Gasteiger partial charge in [0.15, 0.2) is 11.6 Å². The third kappa shape index (κ3) is 3.12. The third-order valence-electron chi connectivity index (χ3n) is 8.47. The van der Waals surface area contributed by atoms with Crippen molar-refractivity contribution in [3.63, 3.8) is 0 Å². The standard InChI is InChI=1S/C21H29O8P/c1-19-7-5-13(22)9-12(19)3-4-14-15-6-8-21(25,17(24)11-29-30(26,27)28)20(15,2)10-16(23)18(14)19/h5,7,9,14-16,18,23,25H,3-4,6,8,10-11H2,1-2H3,(H2,26,27,28)/t14-,15-,16?,18+,19-,20-,21-/m0/s1. The number of phosphoric ester groups is 1. The molecule has 0 bridgehead atoms. The molecule has 0 saturated heterocycles. The van der Waals surface area contributed by atoms with Crippen LogP contribution in [0.25, 0.3) is 0 Å². The highest BCUT2D eigenvalue weighted by atomic mass is 31.2. The van der Waals surface area contributed by atoms with Crippen LogP contribution < -0.4 is 0 Å². The number of aliphatic hydroxyl groups is 2. The van der Waals surface area contributed by atoms with Crippen LogP contribution in [-0.4, -0.2) is 49.9 Å². The topological polar surface area (TPSA) is 141 Å². The summed E-state index contributed by atoms with van der Waals surface area (Å²) in [5.41, 5.74) is -2.15. The Morgan fingerprint density at radius 2 is 2.00 bits per heavy atom. The number of carbonyl (C=O) groups is 2. The largest absolute Gasteiger partial charge is 0.470 e. The van der Waals surface area contributed by atoms with E-state index >= 15 is 0 Å². The number of carbonyl (C=O) groups excluding carboxylic acids is 2. The number of rotatable bonds is 4. The second-order valence-electron chi connectivity index (χ2n) is 9.80. The van der Waals surface area contributed by atoms with Crippen LogP contribution in [0.15, 0.2) is 23.8 Å². The maximum Gasteiger partial charge on any atom is 0.470 e. The van der Waals surface area contributed by atoms with Gasteiger partial charge >= 0.3 is 7.82 Å². The molecule has 9 heteroatoms. The van der Waals surface area contributed by atoms with Crippen molar-refractivity contribution in [1.29, 1.82) is 0 Å². The Labute approximate surface area is 175 Å². The van der Waals surface area contributed by atoms with E-state index in [1.807, 2.05) is 13.0 Å². The van der Waals surface area contributed by atoms with E-state index in [1.165, 1.54) is 0 Å². The van der Waals surface area contributed by atoms with Crippen LogP contribution in [-0.2, 0) is 18.7 Å². The van der Waals surface area contributed by atoms with Gasteiger partial charge in [-0.1, -0.05) is 25.5 Å². The first-order chi connectivity index (χ1) is 13.8. The number of phosphoric acid groups is 1. The lowest BCUT2D eigenvalue weighted by Gasteiger charge is -2.59. The summed E-state index contributed by atoms with van der Waals surface area (Å²) in [6, 6.07) is 0. The molecule has 0 aliphatic heterocycles. The lowest BCUT2D eigenvalue weighted by molar-refractivity contribution is -0.178. The molecule has 0 radical (unpaired) electrons. The number of ketones is 2. The molecular weight excluding hydrogens is 411 g/mol. The van der Waals surface area contributed by atoms with Crippen LogP contribution in [0, 0.1) is 28.6 Å². The van der Waals surface area contributed by atoms with Crippen LogP contribution in [0.2, 0.25) is 0 Å². The maximum absolute atomic E-state index is 12.8. The molecule has 0 heterocycles. The summed E-state index contributed by atoms with van der Waals surface area (Å²) in [7, 11) is -4.84. The van der Waals surface area contributed by atoms with Crippen LogP contribution in [0.5, 0.6) is 0 Å². The number of aliphatic hydroxyl groups excluding tert-OH is 1. The van der Waals surface area contributed by atoms with Gasteiger partial charge in [0.1, 0.15) is 12.2 Å². The van der Waals surface area contributed by atoms with Gasteiger partial charge in [0.2, 0.25) is 0 Å². The fourth-order valence-electron chi connectivity index (χ4n) is 7.05. The molecule has 4 aliphatic carbocycles. The molecule has 0 aromatic rings. The Kier molecular flexibility index (Phi) is 5.09. The molecule has 4 N–H and O–H groups in total. The molecule has 0 aromatic carbocycles. The van der Waals surface area contributed by atoms with Gasteiger partial charge < -0.3 is 20.0 Å². The van der Waals surface area contributed by atoms with Gasteiger partial charge in [-0.3, -0.25) is 14.1 Å². The molecule has 4 rings (SSSR count). The molecule has 166 valence electrons. The number of allylic oxidation sites excluding steroid dienone is 4. The molecular formula is C21H29O8P. The Bertz CT molecular complexity index is 889.